The minimum Gasteiger partial charge on any atom is -0.103 e. The zero-order chi connectivity index (χ0) is 12.8. The second-order valence-electron chi connectivity index (χ2n) is 7.08. The standard InChI is InChI=1S/C18H32/c1-3-15(2)7-6-10-17-11-12-18(14-17)13-16-8-4-5-9-16/h3,15-18H,1,4-14H2,2H3/t15?,17-,18+/m1/s1. The fraction of sp³-hybridized carbons (Fsp3) is 0.889. The van der Waals surface area contributed by atoms with Gasteiger partial charge in [0.15, 0.2) is 0 Å². The van der Waals surface area contributed by atoms with Gasteiger partial charge < -0.3 is 0 Å². The van der Waals surface area contributed by atoms with Crippen LogP contribution in [0.1, 0.15) is 77.6 Å². The van der Waals surface area contributed by atoms with Crippen LogP contribution >= 0.6 is 0 Å². The molecular formula is C18H32. The van der Waals surface area contributed by atoms with E-state index in [1.807, 2.05) is 0 Å². The van der Waals surface area contributed by atoms with Crippen molar-refractivity contribution in [2.24, 2.45) is 23.7 Å². The average molecular weight is 248 g/mol. The zero-order valence-corrected chi connectivity index (χ0v) is 12.4. The molecule has 0 N–H and O–H groups in total. The van der Waals surface area contributed by atoms with Crippen LogP contribution in [0.4, 0.5) is 0 Å². The van der Waals surface area contributed by atoms with Gasteiger partial charge in [-0.1, -0.05) is 64.4 Å². The first-order chi connectivity index (χ1) is 8.78. The highest BCUT2D eigenvalue weighted by Crippen LogP contribution is 2.40. The molecule has 0 saturated heterocycles. The summed E-state index contributed by atoms with van der Waals surface area (Å²) in [4.78, 5) is 0. The van der Waals surface area contributed by atoms with Gasteiger partial charge in [0.1, 0.15) is 0 Å². The summed E-state index contributed by atoms with van der Waals surface area (Å²) in [5, 5.41) is 0. The third kappa shape index (κ3) is 4.44. The van der Waals surface area contributed by atoms with Crippen LogP contribution in [0.25, 0.3) is 0 Å². The van der Waals surface area contributed by atoms with Crippen LogP contribution in [0.3, 0.4) is 0 Å². The molecule has 2 aliphatic carbocycles. The summed E-state index contributed by atoms with van der Waals surface area (Å²) in [5.41, 5.74) is 0. The fourth-order valence-corrected chi connectivity index (χ4v) is 4.22. The Morgan fingerprint density at radius 3 is 2.50 bits per heavy atom. The highest BCUT2D eigenvalue weighted by Gasteiger charge is 2.27. The maximum atomic E-state index is 3.88. The summed E-state index contributed by atoms with van der Waals surface area (Å²) >= 11 is 0. The minimum atomic E-state index is 0.723. The van der Waals surface area contributed by atoms with E-state index in [-0.39, 0.29) is 0 Å². The summed E-state index contributed by atoms with van der Waals surface area (Å²) in [6, 6.07) is 0. The highest BCUT2D eigenvalue weighted by atomic mass is 14.3. The van der Waals surface area contributed by atoms with Gasteiger partial charge in [0.2, 0.25) is 0 Å². The summed E-state index contributed by atoms with van der Waals surface area (Å²) in [7, 11) is 0. The van der Waals surface area contributed by atoms with E-state index in [2.05, 4.69) is 19.6 Å². The number of hydrogen-bond donors (Lipinski definition) is 0. The Morgan fingerprint density at radius 1 is 1.06 bits per heavy atom. The van der Waals surface area contributed by atoms with Crippen LogP contribution in [0.15, 0.2) is 12.7 Å². The van der Waals surface area contributed by atoms with Gasteiger partial charge in [-0.05, 0) is 42.9 Å². The fourth-order valence-electron chi connectivity index (χ4n) is 4.22. The van der Waals surface area contributed by atoms with Crippen LogP contribution in [-0.4, -0.2) is 0 Å². The smallest absolute Gasteiger partial charge is 0.0265 e. The molecule has 0 radical (unpaired) electrons. The molecule has 2 rings (SSSR count). The third-order valence-electron chi connectivity index (χ3n) is 5.47. The van der Waals surface area contributed by atoms with Crippen molar-refractivity contribution in [1.82, 2.24) is 0 Å². The van der Waals surface area contributed by atoms with Crippen LogP contribution in [0, 0.1) is 23.7 Å². The molecule has 2 aliphatic rings. The van der Waals surface area contributed by atoms with Crippen LogP contribution < -0.4 is 0 Å². The molecule has 1 unspecified atom stereocenters. The monoisotopic (exact) mass is 248 g/mol. The van der Waals surface area contributed by atoms with Crippen LogP contribution in [0.2, 0.25) is 0 Å². The Kier molecular flexibility index (Phi) is 5.79. The van der Waals surface area contributed by atoms with E-state index in [1.54, 1.807) is 12.8 Å². The van der Waals surface area contributed by atoms with Gasteiger partial charge in [0.05, 0.1) is 0 Å². The quantitative estimate of drug-likeness (QED) is 0.486. The molecule has 0 nitrogen and oxygen atoms in total. The lowest BCUT2D eigenvalue weighted by Crippen LogP contribution is -2.03. The van der Waals surface area contributed by atoms with Crippen molar-refractivity contribution in [2.75, 3.05) is 0 Å². The van der Waals surface area contributed by atoms with Crippen molar-refractivity contribution in [1.29, 1.82) is 0 Å². The van der Waals surface area contributed by atoms with Crippen molar-refractivity contribution in [3.05, 3.63) is 12.7 Å². The lowest BCUT2D eigenvalue weighted by Gasteiger charge is -2.16. The Morgan fingerprint density at radius 2 is 1.78 bits per heavy atom. The van der Waals surface area contributed by atoms with Gasteiger partial charge in [0.25, 0.3) is 0 Å². The molecule has 3 atom stereocenters. The molecular weight excluding hydrogens is 216 g/mol. The van der Waals surface area contributed by atoms with E-state index in [9.17, 15) is 0 Å². The third-order valence-corrected chi connectivity index (χ3v) is 5.47. The predicted molar refractivity (Wildman–Crippen MR) is 80.6 cm³/mol. The van der Waals surface area contributed by atoms with E-state index >= 15 is 0 Å². The molecule has 0 aromatic carbocycles. The number of rotatable bonds is 7. The molecule has 104 valence electrons. The normalized spacial score (nSPS) is 30.7. The number of hydrogen-bond acceptors (Lipinski definition) is 0. The van der Waals surface area contributed by atoms with Crippen molar-refractivity contribution in [2.45, 2.75) is 77.6 Å². The first-order valence-electron chi connectivity index (χ1n) is 8.40. The first kappa shape index (κ1) is 14.2. The van der Waals surface area contributed by atoms with Crippen molar-refractivity contribution in [3.8, 4) is 0 Å². The van der Waals surface area contributed by atoms with E-state index in [0.717, 1.165) is 23.7 Å². The predicted octanol–water partition coefficient (Wildman–Crippen LogP) is 5.98. The first-order valence-corrected chi connectivity index (χ1v) is 8.40. The molecule has 0 aromatic rings. The second-order valence-corrected chi connectivity index (χ2v) is 7.08. The van der Waals surface area contributed by atoms with Gasteiger partial charge in [-0.3, -0.25) is 0 Å². The topological polar surface area (TPSA) is 0 Å². The Hall–Kier alpha value is -0.260. The lowest BCUT2D eigenvalue weighted by molar-refractivity contribution is 0.362. The van der Waals surface area contributed by atoms with Gasteiger partial charge >= 0.3 is 0 Å². The van der Waals surface area contributed by atoms with E-state index in [4.69, 9.17) is 0 Å². The zero-order valence-electron chi connectivity index (χ0n) is 12.4. The SMILES string of the molecule is C=CC(C)CCC[C@@H]1CC[C@@H](CC2CCCC2)C1. The highest BCUT2D eigenvalue weighted by molar-refractivity contribution is 4.80. The average Bonchev–Trinajstić information content (AvgIpc) is 3.01. The molecule has 0 amide bonds. The summed E-state index contributed by atoms with van der Waals surface area (Å²) < 4.78 is 0. The van der Waals surface area contributed by atoms with Crippen LogP contribution in [-0.2, 0) is 0 Å². The Bertz CT molecular complexity index is 236. The Labute approximate surface area is 114 Å². The summed E-state index contributed by atoms with van der Waals surface area (Å²) in [5.74, 6) is 3.98. The van der Waals surface area contributed by atoms with Gasteiger partial charge in [-0.15, -0.1) is 6.58 Å². The maximum Gasteiger partial charge on any atom is -0.0265 e. The summed E-state index contributed by atoms with van der Waals surface area (Å²) in [6.07, 6.45) is 18.7. The van der Waals surface area contributed by atoms with Crippen molar-refractivity contribution in [3.63, 3.8) is 0 Å². The van der Waals surface area contributed by atoms with E-state index in [1.165, 1.54) is 57.8 Å². The van der Waals surface area contributed by atoms with Gasteiger partial charge in [-0.25, -0.2) is 0 Å². The van der Waals surface area contributed by atoms with Crippen molar-refractivity contribution < 1.29 is 0 Å². The molecule has 18 heavy (non-hydrogen) atoms. The second kappa shape index (κ2) is 7.36. The van der Waals surface area contributed by atoms with E-state index in [0.29, 0.717) is 0 Å². The van der Waals surface area contributed by atoms with Crippen molar-refractivity contribution >= 4 is 0 Å². The summed E-state index contributed by atoms with van der Waals surface area (Å²) in [6.45, 7) is 6.18. The van der Waals surface area contributed by atoms with Gasteiger partial charge in [0, 0.05) is 0 Å². The molecule has 0 aromatic heterocycles. The van der Waals surface area contributed by atoms with Crippen LogP contribution in [0.5, 0.6) is 0 Å². The minimum absolute atomic E-state index is 0.723. The molecule has 0 aliphatic heterocycles. The molecule has 0 spiro atoms. The number of allylic oxidation sites excluding steroid dienone is 1. The van der Waals surface area contributed by atoms with Gasteiger partial charge in [-0.2, -0.15) is 0 Å². The maximum absolute atomic E-state index is 3.88. The molecule has 2 fully saturated rings. The molecule has 0 heterocycles. The van der Waals surface area contributed by atoms with E-state index < -0.39 is 0 Å². The molecule has 0 bridgehead atoms. The molecule has 2 saturated carbocycles. The molecule has 0 heteroatoms. The Balaban J connectivity index is 1.57. The largest absolute Gasteiger partial charge is 0.103 e. The lowest BCUT2D eigenvalue weighted by atomic mass is 9.90.